The highest BCUT2D eigenvalue weighted by atomic mass is 79.9. The maximum absolute atomic E-state index is 13.4. The third-order valence-electron chi connectivity index (χ3n) is 2.97. The lowest BCUT2D eigenvalue weighted by molar-refractivity contribution is 0.410. The van der Waals surface area contributed by atoms with Gasteiger partial charge in [0.15, 0.2) is 11.6 Å². The molecule has 0 aliphatic carbocycles. The zero-order valence-corrected chi connectivity index (χ0v) is 13.2. The Kier molecular flexibility index (Phi) is 4.66. The van der Waals surface area contributed by atoms with Crippen LogP contribution in [0.25, 0.3) is 0 Å². The molecule has 0 spiro atoms. The van der Waals surface area contributed by atoms with Gasteiger partial charge in [0.1, 0.15) is 5.75 Å². The van der Waals surface area contributed by atoms with E-state index in [1.165, 1.54) is 0 Å². The monoisotopic (exact) mass is 360 g/mol. The number of hydrogen-bond donors (Lipinski definition) is 0. The lowest BCUT2D eigenvalue weighted by Crippen LogP contribution is -2.00. The summed E-state index contributed by atoms with van der Waals surface area (Å²) in [5, 5.41) is 0.161. The highest BCUT2D eigenvalue weighted by Gasteiger charge is 2.20. The van der Waals surface area contributed by atoms with Gasteiger partial charge in [-0.05, 0) is 30.7 Å². The number of benzene rings is 2. The smallest absolute Gasteiger partial charge is 0.160 e. The Labute approximate surface area is 129 Å². The zero-order valence-electron chi connectivity index (χ0n) is 10.9. The summed E-state index contributed by atoms with van der Waals surface area (Å²) in [7, 11) is 1.56. The number of hydrogen-bond acceptors (Lipinski definition) is 1. The molecule has 0 aromatic heterocycles. The predicted octanol–water partition coefficient (Wildman–Crippen LogP) is 5.42. The molecule has 2 rings (SSSR count). The molecule has 0 heterocycles. The molecule has 2 aromatic rings. The van der Waals surface area contributed by atoms with Crippen LogP contribution in [0.15, 0.2) is 30.3 Å². The fraction of sp³-hybridized carbons (Fsp3) is 0.200. The summed E-state index contributed by atoms with van der Waals surface area (Å²) in [6.07, 6.45) is 0. The molecular weight excluding hydrogens is 350 g/mol. The van der Waals surface area contributed by atoms with Crippen molar-refractivity contribution in [3.63, 3.8) is 0 Å². The van der Waals surface area contributed by atoms with Crippen LogP contribution in [0, 0.1) is 18.6 Å². The van der Waals surface area contributed by atoms with Gasteiger partial charge < -0.3 is 4.74 Å². The normalized spacial score (nSPS) is 12.3. The second-order valence-electron chi connectivity index (χ2n) is 4.40. The van der Waals surface area contributed by atoms with Gasteiger partial charge in [-0.1, -0.05) is 45.2 Å². The first-order chi connectivity index (χ1) is 9.43. The summed E-state index contributed by atoms with van der Waals surface area (Å²) < 4.78 is 31.8. The van der Waals surface area contributed by atoms with Crippen LogP contribution < -0.4 is 4.74 Å². The first kappa shape index (κ1) is 15.3. The molecule has 1 unspecified atom stereocenters. The minimum absolute atomic E-state index is 0.161. The topological polar surface area (TPSA) is 9.23 Å². The first-order valence-corrected chi connectivity index (χ1v) is 7.16. The minimum Gasteiger partial charge on any atom is -0.496 e. The Balaban J connectivity index is 2.54. The van der Waals surface area contributed by atoms with Gasteiger partial charge in [-0.25, -0.2) is 8.78 Å². The Hall–Kier alpha value is -1.13. The molecular formula is C15H12BrClF2O. The van der Waals surface area contributed by atoms with Crippen molar-refractivity contribution in [1.29, 1.82) is 0 Å². The molecule has 2 aromatic carbocycles. The lowest BCUT2D eigenvalue weighted by atomic mass is 10.0. The molecule has 0 aliphatic heterocycles. The standard InChI is InChI=1S/C15H12BrClF2O/c1-8-3-4-14(20-2)10(5-8)15(16)9-6-12(18)13(19)7-11(9)17/h3-7,15H,1-2H3. The van der Waals surface area contributed by atoms with Gasteiger partial charge in [-0.2, -0.15) is 0 Å². The number of aryl methyl sites for hydroxylation is 1. The SMILES string of the molecule is COc1ccc(C)cc1C(Br)c1cc(F)c(F)cc1Cl. The molecule has 20 heavy (non-hydrogen) atoms. The van der Waals surface area contributed by atoms with E-state index in [1.54, 1.807) is 7.11 Å². The van der Waals surface area contributed by atoms with Gasteiger partial charge in [-0.3, -0.25) is 0 Å². The Morgan fingerprint density at radius 1 is 1.10 bits per heavy atom. The van der Waals surface area contributed by atoms with Gasteiger partial charge in [-0.15, -0.1) is 0 Å². The van der Waals surface area contributed by atoms with Crippen molar-refractivity contribution in [2.24, 2.45) is 0 Å². The molecule has 0 radical (unpaired) electrons. The van der Waals surface area contributed by atoms with Crippen molar-refractivity contribution in [2.75, 3.05) is 7.11 Å². The molecule has 0 bridgehead atoms. The molecule has 0 saturated carbocycles. The maximum atomic E-state index is 13.4. The summed E-state index contributed by atoms with van der Waals surface area (Å²) in [5.74, 6) is -1.24. The fourth-order valence-electron chi connectivity index (χ4n) is 1.95. The molecule has 1 nitrogen and oxygen atoms in total. The van der Waals surface area contributed by atoms with Crippen LogP contribution in [0.4, 0.5) is 8.78 Å². The summed E-state index contributed by atoms with van der Waals surface area (Å²) in [5.41, 5.74) is 2.29. The van der Waals surface area contributed by atoms with Crippen LogP contribution in [-0.4, -0.2) is 7.11 Å². The number of halogens is 4. The molecule has 106 valence electrons. The van der Waals surface area contributed by atoms with Crippen molar-refractivity contribution in [3.05, 3.63) is 63.7 Å². The van der Waals surface area contributed by atoms with Crippen LogP contribution in [0.5, 0.6) is 5.75 Å². The van der Waals surface area contributed by atoms with Crippen molar-refractivity contribution >= 4 is 27.5 Å². The van der Waals surface area contributed by atoms with E-state index in [1.807, 2.05) is 25.1 Å². The van der Waals surface area contributed by atoms with Crippen molar-refractivity contribution in [2.45, 2.75) is 11.8 Å². The van der Waals surface area contributed by atoms with E-state index < -0.39 is 11.6 Å². The molecule has 5 heteroatoms. The summed E-state index contributed by atoms with van der Waals surface area (Å²) >= 11 is 9.48. The zero-order chi connectivity index (χ0) is 14.9. The van der Waals surface area contributed by atoms with Gasteiger partial charge in [0.25, 0.3) is 0 Å². The minimum atomic E-state index is -0.963. The highest BCUT2D eigenvalue weighted by Crippen LogP contribution is 2.40. The largest absolute Gasteiger partial charge is 0.496 e. The molecule has 0 saturated heterocycles. The Bertz CT molecular complexity index is 646. The summed E-state index contributed by atoms with van der Waals surface area (Å²) in [6.45, 7) is 1.94. The quantitative estimate of drug-likeness (QED) is 0.524. The number of alkyl halides is 1. The van der Waals surface area contributed by atoms with Crippen molar-refractivity contribution in [3.8, 4) is 5.75 Å². The molecule has 1 atom stereocenters. The van der Waals surface area contributed by atoms with Crippen LogP contribution in [0.3, 0.4) is 0 Å². The fourth-order valence-corrected chi connectivity index (χ4v) is 3.08. The Morgan fingerprint density at radius 3 is 2.40 bits per heavy atom. The molecule has 0 fully saturated rings. The van der Waals surface area contributed by atoms with Crippen molar-refractivity contribution in [1.82, 2.24) is 0 Å². The van der Waals surface area contributed by atoms with E-state index in [2.05, 4.69) is 15.9 Å². The highest BCUT2D eigenvalue weighted by molar-refractivity contribution is 9.09. The van der Waals surface area contributed by atoms with Gasteiger partial charge in [0.05, 0.1) is 11.9 Å². The average molecular weight is 362 g/mol. The first-order valence-electron chi connectivity index (χ1n) is 5.87. The predicted molar refractivity (Wildman–Crippen MR) is 79.9 cm³/mol. The average Bonchev–Trinajstić information content (AvgIpc) is 2.42. The van der Waals surface area contributed by atoms with Crippen LogP contribution >= 0.6 is 27.5 Å². The molecule has 0 N–H and O–H groups in total. The summed E-state index contributed by atoms with van der Waals surface area (Å²) in [4.78, 5) is -0.389. The maximum Gasteiger partial charge on any atom is 0.160 e. The number of methoxy groups -OCH3 is 1. The van der Waals surface area contributed by atoms with Gasteiger partial charge in [0.2, 0.25) is 0 Å². The second-order valence-corrected chi connectivity index (χ2v) is 5.72. The van der Waals surface area contributed by atoms with Gasteiger partial charge >= 0.3 is 0 Å². The van der Waals surface area contributed by atoms with Crippen molar-refractivity contribution < 1.29 is 13.5 Å². The molecule has 0 amide bonds. The van der Waals surface area contributed by atoms with Gasteiger partial charge in [0, 0.05) is 10.6 Å². The molecule has 0 aliphatic rings. The van der Waals surface area contributed by atoms with Crippen LogP contribution in [0.2, 0.25) is 5.02 Å². The summed E-state index contributed by atoms with van der Waals surface area (Å²) in [6, 6.07) is 7.72. The third-order valence-corrected chi connectivity index (χ3v) is 4.28. The lowest BCUT2D eigenvalue weighted by Gasteiger charge is -2.17. The third kappa shape index (κ3) is 2.96. The van der Waals surface area contributed by atoms with Crippen LogP contribution in [0.1, 0.15) is 21.5 Å². The van der Waals surface area contributed by atoms with E-state index in [0.717, 1.165) is 23.3 Å². The number of ether oxygens (including phenoxy) is 1. The van der Waals surface area contributed by atoms with E-state index in [4.69, 9.17) is 16.3 Å². The van der Waals surface area contributed by atoms with E-state index in [9.17, 15) is 8.78 Å². The van der Waals surface area contributed by atoms with E-state index in [-0.39, 0.29) is 9.85 Å². The Morgan fingerprint density at radius 2 is 1.75 bits per heavy atom. The second kappa shape index (κ2) is 6.10. The number of rotatable bonds is 3. The van der Waals surface area contributed by atoms with Crippen LogP contribution in [-0.2, 0) is 0 Å². The van der Waals surface area contributed by atoms with E-state index in [0.29, 0.717) is 11.3 Å². The van der Waals surface area contributed by atoms with E-state index >= 15 is 0 Å².